The molecule has 4 bridgehead atoms. The maximum Gasteiger partial charge on any atom is 0.226 e. The SMILES string of the molecule is O=C(NCc1ccnc(-c2ccsc2)c1)C12CC3CC(CC(C3)C1)C2. The van der Waals surface area contributed by atoms with Gasteiger partial charge >= 0.3 is 0 Å². The van der Waals surface area contributed by atoms with Crippen LogP contribution in [0.15, 0.2) is 35.2 Å². The predicted molar refractivity (Wildman–Crippen MR) is 100 cm³/mol. The number of aromatic nitrogens is 1. The largest absolute Gasteiger partial charge is 0.352 e. The molecular formula is C21H24N2OS. The summed E-state index contributed by atoms with van der Waals surface area (Å²) in [6.07, 6.45) is 9.35. The highest BCUT2D eigenvalue weighted by molar-refractivity contribution is 7.08. The molecule has 4 fully saturated rings. The summed E-state index contributed by atoms with van der Waals surface area (Å²) in [4.78, 5) is 17.5. The maximum atomic E-state index is 13.1. The summed E-state index contributed by atoms with van der Waals surface area (Å²) in [7, 11) is 0. The molecule has 4 aliphatic carbocycles. The Morgan fingerprint density at radius 3 is 2.52 bits per heavy atom. The van der Waals surface area contributed by atoms with Gasteiger partial charge in [0.15, 0.2) is 0 Å². The normalized spacial score (nSPS) is 32.7. The number of nitrogens with one attached hydrogen (secondary N) is 1. The second kappa shape index (κ2) is 5.94. The van der Waals surface area contributed by atoms with Crippen LogP contribution in [0, 0.1) is 23.2 Å². The molecule has 3 nitrogen and oxygen atoms in total. The molecule has 0 unspecified atom stereocenters. The van der Waals surface area contributed by atoms with Crippen LogP contribution in [0.2, 0.25) is 0 Å². The van der Waals surface area contributed by atoms with Crippen molar-refractivity contribution in [2.75, 3.05) is 0 Å². The highest BCUT2D eigenvalue weighted by atomic mass is 32.1. The van der Waals surface area contributed by atoms with Crippen molar-refractivity contribution < 1.29 is 4.79 Å². The number of hydrogen-bond acceptors (Lipinski definition) is 3. The van der Waals surface area contributed by atoms with Crippen molar-refractivity contribution in [3.05, 3.63) is 40.7 Å². The number of amides is 1. The number of carbonyl (C=O) groups is 1. The summed E-state index contributed by atoms with van der Waals surface area (Å²) >= 11 is 1.68. The Balaban J connectivity index is 1.29. The second-order valence-corrected chi connectivity index (χ2v) is 9.22. The molecule has 25 heavy (non-hydrogen) atoms. The first-order valence-electron chi connectivity index (χ1n) is 9.46. The van der Waals surface area contributed by atoms with Crippen molar-refractivity contribution in [3.8, 4) is 11.3 Å². The van der Waals surface area contributed by atoms with Gasteiger partial charge in [0.1, 0.15) is 0 Å². The van der Waals surface area contributed by atoms with Gasteiger partial charge in [0, 0.05) is 29.1 Å². The van der Waals surface area contributed by atoms with Gasteiger partial charge in [-0.25, -0.2) is 0 Å². The molecule has 4 heteroatoms. The molecule has 130 valence electrons. The smallest absolute Gasteiger partial charge is 0.226 e. The standard InChI is InChI=1S/C21H24N2OS/c24-20(21-9-15-5-16(10-21)7-17(6-15)11-21)23-12-14-1-3-22-19(8-14)18-2-4-25-13-18/h1-4,8,13,15-17H,5-7,9-12H2,(H,23,24). The fourth-order valence-electron chi connectivity index (χ4n) is 5.91. The third-order valence-corrected chi connectivity index (χ3v) is 7.30. The molecule has 4 aliphatic rings. The van der Waals surface area contributed by atoms with Crippen molar-refractivity contribution in [2.45, 2.75) is 45.1 Å². The van der Waals surface area contributed by atoms with E-state index in [1.807, 2.05) is 12.3 Å². The Bertz CT molecular complexity index is 748. The number of pyridine rings is 1. The highest BCUT2D eigenvalue weighted by Crippen LogP contribution is 2.60. The van der Waals surface area contributed by atoms with Crippen LogP contribution in [0.1, 0.15) is 44.1 Å². The second-order valence-electron chi connectivity index (χ2n) is 8.44. The summed E-state index contributed by atoms with van der Waals surface area (Å²) in [5.74, 6) is 2.73. The van der Waals surface area contributed by atoms with E-state index in [9.17, 15) is 4.79 Å². The van der Waals surface area contributed by atoms with Crippen molar-refractivity contribution in [3.63, 3.8) is 0 Å². The minimum atomic E-state index is -0.0576. The first-order valence-corrected chi connectivity index (χ1v) is 10.4. The zero-order valence-corrected chi connectivity index (χ0v) is 15.2. The maximum absolute atomic E-state index is 13.1. The van der Waals surface area contributed by atoms with Crippen LogP contribution in [0.4, 0.5) is 0 Å². The minimum absolute atomic E-state index is 0.0576. The van der Waals surface area contributed by atoms with Gasteiger partial charge in [-0.2, -0.15) is 11.3 Å². The van der Waals surface area contributed by atoms with E-state index < -0.39 is 0 Å². The first-order chi connectivity index (χ1) is 12.2. The lowest BCUT2D eigenvalue weighted by Crippen LogP contribution is -2.53. The molecule has 6 rings (SSSR count). The van der Waals surface area contributed by atoms with Crippen molar-refractivity contribution in [1.82, 2.24) is 10.3 Å². The lowest BCUT2D eigenvalue weighted by Gasteiger charge is -2.55. The number of rotatable bonds is 4. The van der Waals surface area contributed by atoms with Gasteiger partial charge in [-0.15, -0.1) is 0 Å². The van der Waals surface area contributed by atoms with E-state index >= 15 is 0 Å². The molecule has 0 aromatic carbocycles. The fourth-order valence-corrected chi connectivity index (χ4v) is 6.56. The van der Waals surface area contributed by atoms with E-state index in [-0.39, 0.29) is 5.41 Å². The van der Waals surface area contributed by atoms with E-state index in [2.05, 4.69) is 33.2 Å². The molecule has 4 saturated carbocycles. The Hall–Kier alpha value is -1.68. The molecular weight excluding hydrogens is 328 g/mol. The number of thiophene rings is 1. The molecule has 0 saturated heterocycles. The Kier molecular flexibility index (Phi) is 3.70. The average Bonchev–Trinajstić information content (AvgIpc) is 3.13. The van der Waals surface area contributed by atoms with Crippen molar-refractivity contribution in [1.29, 1.82) is 0 Å². The van der Waals surface area contributed by atoms with Gasteiger partial charge in [-0.3, -0.25) is 9.78 Å². The fraction of sp³-hybridized carbons (Fsp3) is 0.524. The zero-order valence-electron chi connectivity index (χ0n) is 14.4. The van der Waals surface area contributed by atoms with E-state index in [0.29, 0.717) is 12.5 Å². The topological polar surface area (TPSA) is 42.0 Å². The van der Waals surface area contributed by atoms with E-state index in [4.69, 9.17) is 0 Å². The van der Waals surface area contributed by atoms with Crippen LogP contribution < -0.4 is 5.32 Å². The first kappa shape index (κ1) is 15.6. The van der Waals surface area contributed by atoms with Gasteiger partial charge in [0.2, 0.25) is 5.91 Å². The van der Waals surface area contributed by atoms with E-state index in [1.54, 1.807) is 11.3 Å². The molecule has 2 heterocycles. The Labute approximate surface area is 152 Å². The Morgan fingerprint density at radius 2 is 1.88 bits per heavy atom. The summed E-state index contributed by atoms with van der Waals surface area (Å²) in [5, 5.41) is 7.44. The van der Waals surface area contributed by atoms with Crippen LogP contribution in [-0.4, -0.2) is 10.9 Å². The Morgan fingerprint density at radius 1 is 1.16 bits per heavy atom. The van der Waals surface area contributed by atoms with Crippen LogP contribution in [-0.2, 0) is 11.3 Å². The molecule has 0 atom stereocenters. The zero-order chi connectivity index (χ0) is 16.9. The quantitative estimate of drug-likeness (QED) is 0.871. The number of nitrogens with zero attached hydrogens (tertiary/aromatic N) is 1. The monoisotopic (exact) mass is 352 g/mol. The molecule has 0 radical (unpaired) electrons. The lowest BCUT2D eigenvalue weighted by atomic mass is 9.49. The number of hydrogen-bond donors (Lipinski definition) is 1. The van der Waals surface area contributed by atoms with Gasteiger partial charge in [0.05, 0.1) is 5.69 Å². The molecule has 0 aliphatic heterocycles. The van der Waals surface area contributed by atoms with Gasteiger partial charge in [-0.05, 0) is 85.4 Å². The van der Waals surface area contributed by atoms with Crippen LogP contribution >= 0.6 is 11.3 Å². The van der Waals surface area contributed by atoms with Gasteiger partial charge in [-0.1, -0.05) is 0 Å². The molecule has 0 spiro atoms. The molecule has 1 N–H and O–H groups in total. The predicted octanol–water partition coefficient (Wildman–Crippen LogP) is 4.64. The summed E-state index contributed by atoms with van der Waals surface area (Å²) in [5.41, 5.74) is 3.22. The number of carbonyl (C=O) groups excluding carboxylic acids is 1. The third kappa shape index (κ3) is 2.80. The summed E-state index contributed by atoms with van der Waals surface area (Å²) < 4.78 is 0. The minimum Gasteiger partial charge on any atom is -0.352 e. The van der Waals surface area contributed by atoms with E-state index in [0.717, 1.165) is 53.8 Å². The summed E-state index contributed by atoms with van der Waals surface area (Å²) in [6.45, 7) is 0.611. The highest BCUT2D eigenvalue weighted by Gasteiger charge is 2.54. The van der Waals surface area contributed by atoms with E-state index in [1.165, 1.54) is 19.3 Å². The van der Waals surface area contributed by atoms with Crippen molar-refractivity contribution >= 4 is 17.2 Å². The van der Waals surface area contributed by atoms with Crippen LogP contribution in [0.25, 0.3) is 11.3 Å². The van der Waals surface area contributed by atoms with Crippen LogP contribution in [0.5, 0.6) is 0 Å². The molecule has 2 aromatic heterocycles. The summed E-state index contributed by atoms with van der Waals surface area (Å²) in [6, 6.07) is 6.20. The molecule has 2 aromatic rings. The lowest BCUT2D eigenvalue weighted by molar-refractivity contribution is -0.146. The van der Waals surface area contributed by atoms with Gasteiger partial charge < -0.3 is 5.32 Å². The molecule has 1 amide bonds. The van der Waals surface area contributed by atoms with Gasteiger partial charge in [0.25, 0.3) is 0 Å². The average molecular weight is 353 g/mol. The third-order valence-electron chi connectivity index (χ3n) is 6.61. The van der Waals surface area contributed by atoms with Crippen LogP contribution in [0.3, 0.4) is 0 Å². The van der Waals surface area contributed by atoms with Crippen molar-refractivity contribution in [2.24, 2.45) is 23.2 Å².